The first kappa shape index (κ1) is 16.9. The number of carbonyl (C=O) groups excluding carboxylic acids is 3. The largest absolute Gasteiger partial charge is 0.369 e. The Morgan fingerprint density at radius 1 is 1.17 bits per heavy atom. The number of aromatic nitrogens is 1. The number of hydrogen-bond donors (Lipinski definition) is 1. The molecule has 1 aromatic heterocycles. The molecule has 1 fully saturated rings. The van der Waals surface area contributed by atoms with Crippen molar-refractivity contribution in [2.24, 2.45) is 11.1 Å². The van der Waals surface area contributed by atoms with Crippen LogP contribution in [-0.4, -0.2) is 58.7 Å². The van der Waals surface area contributed by atoms with E-state index in [-0.39, 0.29) is 11.8 Å². The summed E-state index contributed by atoms with van der Waals surface area (Å²) in [5.41, 5.74) is 4.82. The number of nitrogens with zero attached hydrogens (tertiary/aromatic N) is 3. The Balaban J connectivity index is 1.90. The molecule has 1 aliphatic heterocycles. The van der Waals surface area contributed by atoms with Crippen molar-refractivity contribution in [1.29, 1.82) is 0 Å². The fourth-order valence-corrected chi connectivity index (χ4v) is 2.27. The van der Waals surface area contributed by atoms with Crippen LogP contribution in [0.5, 0.6) is 0 Å². The van der Waals surface area contributed by atoms with Crippen molar-refractivity contribution < 1.29 is 14.4 Å². The number of hydrogen-bond acceptors (Lipinski definition) is 4. The number of primary amides is 1. The molecule has 1 aromatic rings. The third-order valence-corrected chi connectivity index (χ3v) is 3.91. The van der Waals surface area contributed by atoms with E-state index in [1.165, 1.54) is 12.6 Å². The average molecular weight is 317 g/mol. The van der Waals surface area contributed by atoms with Crippen LogP contribution in [-0.2, 0) is 9.59 Å². The van der Waals surface area contributed by atoms with Crippen LogP contribution in [0.2, 0.25) is 0 Å². The van der Waals surface area contributed by atoms with Crippen LogP contribution in [0.25, 0.3) is 0 Å². The fourth-order valence-electron chi connectivity index (χ4n) is 2.27. The molecule has 2 heterocycles. The predicted octanol–water partition coefficient (Wildman–Crippen LogP) is 0.0818. The molecule has 1 aliphatic rings. The zero-order chi connectivity index (χ0) is 17.0. The van der Waals surface area contributed by atoms with Crippen molar-refractivity contribution in [3.8, 4) is 0 Å². The number of carbonyl (C=O) groups is 3. The molecule has 123 valence electrons. The van der Waals surface area contributed by atoms with Crippen LogP contribution < -0.4 is 5.73 Å². The van der Waals surface area contributed by atoms with Gasteiger partial charge in [0.15, 0.2) is 0 Å². The third-order valence-electron chi connectivity index (χ3n) is 3.91. The van der Waals surface area contributed by atoms with Gasteiger partial charge in [0.2, 0.25) is 11.8 Å². The summed E-state index contributed by atoms with van der Waals surface area (Å²) < 4.78 is 0. The second-order valence-electron chi connectivity index (χ2n) is 6.09. The SMILES string of the molecule is CC(C)([CH]C(=O)N1CCN(C(=O)c2cccnc2)CC1)C(N)=O. The summed E-state index contributed by atoms with van der Waals surface area (Å²) in [5.74, 6) is -0.870. The molecule has 0 atom stereocenters. The van der Waals surface area contributed by atoms with Gasteiger partial charge < -0.3 is 15.5 Å². The van der Waals surface area contributed by atoms with Crippen molar-refractivity contribution in [3.05, 3.63) is 36.5 Å². The summed E-state index contributed by atoms with van der Waals surface area (Å²) in [6.45, 7) is 4.96. The minimum Gasteiger partial charge on any atom is -0.369 e. The Labute approximate surface area is 135 Å². The quantitative estimate of drug-likeness (QED) is 0.850. The number of nitrogens with two attached hydrogens (primary N) is 1. The Kier molecular flexibility index (Phi) is 4.98. The molecule has 0 aromatic carbocycles. The summed E-state index contributed by atoms with van der Waals surface area (Å²) in [6, 6.07) is 3.43. The molecule has 23 heavy (non-hydrogen) atoms. The van der Waals surface area contributed by atoms with Crippen molar-refractivity contribution in [2.45, 2.75) is 13.8 Å². The van der Waals surface area contributed by atoms with Gasteiger partial charge in [-0.05, 0) is 12.1 Å². The van der Waals surface area contributed by atoms with Gasteiger partial charge in [-0.1, -0.05) is 13.8 Å². The molecule has 7 heteroatoms. The minimum absolute atomic E-state index is 0.0911. The molecule has 0 unspecified atom stereocenters. The van der Waals surface area contributed by atoms with E-state index in [1.807, 2.05) is 0 Å². The maximum atomic E-state index is 12.3. The summed E-state index contributed by atoms with van der Waals surface area (Å²) in [7, 11) is 0. The van der Waals surface area contributed by atoms with Crippen LogP contribution in [0.4, 0.5) is 0 Å². The van der Waals surface area contributed by atoms with E-state index >= 15 is 0 Å². The normalized spacial score (nSPS) is 15.4. The second kappa shape index (κ2) is 6.76. The summed E-state index contributed by atoms with van der Waals surface area (Å²) in [5, 5.41) is 0. The summed E-state index contributed by atoms with van der Waals surface area (Å²) >= 11 is 0. The van der Waals surface area contributed by atoms with Gasteiger partial charge in [-0.2, -0.15) is 0 Å². The van der Waals surface area contributed by atoms with Crippen molar-refractivity contribution >= 4 is 17.7 Å². The van der Waals surface area contributed by atoms with Crippen LogP contribution >= 0.6 is 0 Å². The smallest absolute Gasteiger partial charge is 0.255 e. The zero-order valence-electron chi connectivity index (χ0n) is 13.4. The lowest BCUT2D eigenvalue weighted by atomic mass is 9.88. The lowest BCUT2D eigenvalue weighted by molar-refractivity contribution is -0.134. The van der Waals surface area contributed by atoms with E-state index in [0.29, 0.717) is 31.7 Å². The van der Waals surface area contributed by atoms with Crippen LogP contribution in [0.15, 0.2) is 24.5 Å². The maximum Gasteiger partial charge on any atom is 0.255 e. The zero-order valence-corrected chi connectivity index (χ0v) is 13.4. The molecule has 0 spiro atoms. The van der Waals surface area contributed by atoms with Gasteiger partial charge >= 0.3 is 0 Å². The third kappa shape index (κ3) is 4.06. The van der Waals surface area contributed by atoms with Gasteiger partial charge in [0.05, 0.1) is 17.4 Å². The van der Waals surface area contributed by atoms with Crippen LogP contribution in [0.3, 0.4) is 0 Å². The van der Waals surface area contributed by atoms with E-state index < -0.39 is 11.3 Å². The van der Waals surface area contributed by atoms with Crippen LogP contribution in [0.1, 0.15) is 24.2 Å². The molecule has 7 nitrogen and oxygen atoms in total. The Morgan fingerprint density at radius 2 is 1.78 bits per heavy atom. The highest BCUT2D eigenvalue weighted by molar-refractivity contribution is 5.95. The van der Waals surface area contributed by atoms with Crippen molar-refractivity contribution in [1.82, 2.24) is 14.8 Å². The topological polar surface area (TPSA) is 96.6 Å². The first-order chi connectivity index (χ1) is 10.8. The average Bonchev–Trinajstić information content (AvgIpc) is 2.54. The first-order valence-corrected chi connectivity index (χ1v) is 7.45. The summed E-state index contributed by atoms with van der Waals surface area (Å²) in [6.07, 6.45) is 4.49. The van der Waals surface area contributed by atoms with Crippen LogP contribution in [0, 0.1) is 11.8 Å². The molecular formula is C16H21N4O3. The lowest BCUT2D eigenvalue weighted by Crippen LogP contribution is -2.52. The first-order valence-electron chi connectivity index (χ1n) is 7.45. The van der Waals surface area contributed by atoms with Gasteiger partial charge in [-0.3, -0.25) is 19.4 Å². The molecule has 0 bridgehead atoms. The molecular weight excluding hydrogens is 296 g/mol. The second-order valence-corrected chi connectivity index (χ2v) is 6.09. The van der Waals surface area contributed by atoms with E-state index in [9.17, 15) is 14.4 Å². The highest BCUT2D eigenvalue weighted by atomic mass is 16.2. The number of pyridine rings is 1. The van der Waals surface area contributed by atoms with E-state index in [4.69, 9.17) is 5.73 Å². The molecule has 3 amide bonds. The van der Waals surface area contributed by atoms with Gasteiger partial charge in [0, 0.05) is 38.6 Å². The predicted molar refractivity (Wildman–Crippen MR) is 84.0 cm³/mol. The number of rotatable bonds is 4. The number of amides is 3. The van der Waals surface area contributed by atoms with Gasteiger partial charge in [0.25, 0.3) is 5.91 Å². The van der Waals surface area contributed by atoms with Crippen molar-refractivity contribution in [3.63, 3.8) is 0 Å². The number of piperazine rings is 1. The monoisotopic (exact) mass is 317 g/mol. The Morgan fingerprint density at radius 3 is 2.30 bits per heavy atom. The Hall–Kier alpha value is -2.44. The maximum absolute atomic E-state index is 12.3. The molecule has 1 radical (unpaired) electrons. The minimum atomic E-state index is -0.986. The van der Waals surface area contributed by atoms with Gasteiger partial charge in [-0.25, -0.2) is 0 Å². The molecule has 2 N–H and O–H groups in total. The highest BCUT2D eigenvalue weighted by Crippen LogP contribution is 2.20. The van der Waals surface area contributed by atoms with E-state index in [2.05, 4.69) is 4.98 Å². The molecule has 2 rings (SSSR count). The van der Waals surface area contributed by atoms with E-state index in [1.54, 1.807) is 42.0 Å². The van der Waals surface area contributed by atoms with Crippen molar-refractivity contribution in [2.75, 3.05) is 26.2 Å². The lowest BCUT2D eigenvalue weighted by Gasteiger charge is -2.35. The Bertz CT molecular complexity index is 593. The molecule has 1 saturated heterocycles. The molecule has 0 saturated carbocycles. The van der Waals surface area contributed by atoms with Gasteiger partial charge in [0.1, 0.15) is 0 Å². The standard InChI is InChI=1S/C16H21N4O3/c1-16(2,15(17)23)10-13(21)19-6-8-20(9-7-19)14(22)12-4-3-5-18-11-12/h3-5,10-11H,6-9H2,1-2H3,(H2,17,23). The summed E-state index contributed by atoms with van der Waals surface area (Å²) in [4.78, 5) is 43.1. The van der Waals surface area contributed by atoms with E-state index in [0.717, 1.165) is 0 Å². The molecule has 0 aliphatic carbocycles. The fraction of sp³-hybridized carbons (Fsp3) is 0.438. The highest BCUT2D eigenvalue weighted by Gasteiger charge is 2.32. The van der Waals surface area contributed by atoms with Gasteiger partial charge in [-0.15, -0.1) is 0 Å².